The Labute approximate surface area is 291 Å². The summed E-state index contributed by atoms with van der Waals surface area (Å²) in [4.78, 5) is 51.9. The number of allylic oxidation sites excluding steroid dienone is 4. The van der Waals surface area contributed by atoms with Crippen LogP contribution in [0, 0.1) is 0 Å². The van der Waals surface area contributed by atoms with Crippen molar-refractivity contribution in [2.75, 3.05) is 61.0 Å². The molecule has 1 unspecified atom stereocenters. The van der Waals surface area contributed by atoms with Gasteiger partial charge in [-0.05, 0) is 96.2 Å². The molecule has 0 fully saturated rings. The van der Waals surface area contributed by atoms with Gasteiger partial charge in [0.25, 0.3) is 5.56 Å². The number of ether oxygens (including phenoxy) is 1. The van der Waals surface area contributed by atoms with Gasteiger partial charge in [-0.2, -0.15) is 0 Å². The van der Waals surface area contributed by atoms with Crippen LogP contribution in [0.4, 0.5) is 0 Å². The molecule has 1 aliphatic carbocycles. The summed E-state index contributed by atoms with van der Waals surface area (Å²) < 4.78 is 7.22. The van der Waals surface area contributed by atoms with Gasteiger partial charge in [0.05, 0.1) is 52.3 Å². The number of hydrogen-bond donors (Lipinski definition) is 1. The summed E-state index contributed by atoms with van der Waals surface area (Å²) in [7, 11) is 7.49. The molecule has 3 aromatic rings. The average molecular weight is 694 g/mol. The van der Waals surface area contributed by atoms with Crippen LogP contribution in [0.25, 0.3) is 16.6 Å². The molecule has 1 aliphatic rings. The second-order valence-corrected chi connectivity index (χ2v) is 12.7. The number of aromatic nitrogens is 2. The van der Waals surface area contributed by atoms with E-state index in [-0.39, 0.29) is 36.9 Å². The van der Waals surface area contributed by atoms with Crippen molar-refractivity contribution in [3.63, 3.8) is 0 Å². The number of amides is 2. The largest absolute Gasteiger partial charge is 0.494 e. The number of nitrogens with zero attached hydrogens (tertiary/aromatic N) is 5. The lowest BCUT2D eigenvalue weighted by atomic mass is 10.1. The zero-order chi connectivity index (χ0) is 34.8. The van der Waals surface area contributed by atoms with Crippen molar-refractivity contribution in [2.24, 2.45) is 0 Å². The van der Waals surface area contributed by atoms with Gasteiger partial charge in [0.2, 0.25) is 11.8 Å². The molecule has 1 aromatic heterocycles. The van der Waals surface area contributed by atoms with Crippen LogP contribution < -0.4 is 15.6 Å². The zero-order valence-corrected chi connectivity index (χ0v) is 29.5. The molecule has 0 bridgehead atoms. The number of carbonyl (C=O) groups excluding carboxylic acids is 2. The lowest BCUT2D eigenvalue weighted by Gasteiger charge is -2.34. The van der Waals surface area contributed by atoms with Gasteiger partial charge < -0.3 is 24.8 Å². The highest BCUT2D eigenvalue weighted by Crippen LogP contribution is 2.29. The first-order valence-electron chi connectivity index (χ1n) is 15.8. The lowest BCUT2D eigenvalue weighted by molar-refractivity contribution is -0.133. The minimum atomic E-state index is -0.711. The quantitative estimate of drug-likeness (QED) is 0.224. The molecule has 0 aliphatic heterocycles. The van der Waals surface area contributed by atoms with Crippen molar-refractivity contribution in [2.45, 2.75) is 25.8 Å². The molecule has 0 saturated carbocycles. The Bertz CT molecular complexity index is 1810. The Morgan fingerprint density at radius 1 is 1.00 bits per heavy atom. The molecule has 0 radical (unpaired) electrons. The average Bonchev–Trinajstić information content (AvgIpc) is 3.19. The molecule has 1 atom stereocenters. The third-order valence-corrected chi connectivity index (χ3v) is 8.30. The second kappa shape index (κ2) is 17.3. The van der Waals surface area contributed by atoms with E-state index in [1.54, 1.807) is 75.1 Å². The Kier molecular flexibility index (Phi) is 13.2. The first kappa shape index (κ1) is 36.7. The van der Waals surface area contributed by atoms with Crippen LogP contribution in [-0.2, 0) is 9.59 Å². The van der Waals surface area contributed by atoms with Crippen molar-refractivity contribution >= 4 is 45.9 Å². The van der Waals surface area contributed by atoms with Gasteiger partial charge in [0, 0.05) is 25.2 Å². The fourth-order valence-electron chi connectivity index (χ4n) is 5.29. The minimum Gasteiger partial charge on any atom is -0.494 e. The summed E-state index contributed by atoms with van der Waals surface area (Å²) in [6, 6.07) is 13.7. The molecule has 48 heavy (non-hydrogen) atoms. The number of benzene rings is 2. The number of nitrogens with one attached hydrogen (secondary N) is 1. The van der Waals surface area contributed by atoms with Gasteiger partial charge in [0.1, 0.15) is 11.6 Å². The maximum Gasteiger partial charge on any atom is 0.266 e. The molecule has 254 valence electrons. The van der Waals surface area contributed by atoms with E-state index >= 15 is 0 Å². The second-order valence-electron chi connectivity index (χ2n) is 11.9. The first-order valence-corrected chi connectivity index (χ1v) is 16.5. The summed E-state index contributed by atoms with van der Waals surface area (Å²) >= 11 is 12.6. The summed E-state index contributed by atoms with van der Waals surface area (Å²) in [5.74, 6) is 0.661. The molecular weight excluding hydrogens is 651 g/mol. The number of hydrogen-bond acceptors (Lipinski definition) is 7. The molecule has 1 heterocycles. The molecule has 10 nitrogen and oxygen atoms in total. The van der Waals surface area contributed by atoms with Crippen LogP contribution in [0.2, 0.25) is 0 Å². The van der Waals surface area contributed by atoms with E-state index in [0.717, 1.165) is 0 Å². The number of likely N-dealkylation sites (N-methyl/N-ethyl adjacent to an activating group) is 2. The van der Waals surface area contributed by atoms with E-state index in [2.05, 4.69) is 11.0 Å². The maximum absolute atomic E-state index is 14.4. The Morgan fingerprint density at radius 2 is 1.73 bits per heavy atom. The fraction of sp³-hybridized carbons (Fsp3) is 0.361. The van der Waals surface area contributed by atoms with Crippen molar-refractivity contribution in [3.8, 4) is 11.4 Å². The molecule has 1 N–H and O–H groups in total. The lowest BCUT2D eigenvalue weighted by Crippen LogP contribution is -2.43. The molecule has 0 spiro atoms. The zero-order valence-electron chi connectivity index (χ0n) is 28.0. The molecular formula is C36H42Cl2N6O4. The number of para-hydroxylation sites is 1. The van der Waals surface area contributed by atoms with E-state index in [4.69, 9.17) is 32.9 Å². The van der Waals surface area contributed by atoms with Crippen molar-refractivity contribution < 1.29 is 14.3 Å². The highest BCUT2D eigenvalue weighted by molar-refractivity contribution is 6.44. The number of carbonyl (C=O) groups is 2. The molecule has 0 saturated heterocycles. The Balaban J connectivity index is 1.88. The van der Waals surface area contributed by atoms with Crippen molar-refractivity contribution in [3.05, 3.63) is 104 Å². The van der Waals surface area contributed by atoms with Gasteiger partial charge in [-0.25, -0.2) is 4.98 Å². The van der Waals surface area contributed by atoms with Gasteiger partial charge in [-0.15, -0.1) is 5.73 Å². The standard InChI is InChI=1S/C36H42Cl2N6O4/c1-6-48-27-16-14-26(15-17-27)44-35(40-31-13-8-7-11-28(31)36(44)47)32(18-19-39-33(45)24-42(4)5)43(21-20-41(2)3)34(46)23-25-10-9-12-29(37)30(38)22-25/h7-9,11-17,22,32H,6,18-21,23-24H2,1-5H3,(H,39,45). The highest BCUT2D eigenvalue weighted by Gasteiger charge is 2.31. The van der Waals surface area contributed by atoms with Gasteiger partial charge >= 0.3 is 0 Å². The maximum atomic E-state index is 14.4. The van der Waals surface area contributed by atoms with E-state index < -0.39 is 6.04 Å². The van der Waals surface area contributed by atoms with Gasteiger partial charge in [-0.1, -0.05) is 35.3 Å². The number of fused-ring (bicyclic) bond motifs is 1. The Hall–Kier alpha value is -4.18. The number of rotatable bonds is 15. The van der Waals surface area contributed by atoms with Gasteiger partial charge in [-0.3, -0.25) is 19.0 Å². The van der Waals surface area contributed by atoms with Crippen molar-refractivity contribution in [1.82, 2.24) is 29.6 Å². The third kappa shape index (κ3) is 9.69. The van der Waals surface area contributed by atoms with E-state index in [0.29, 0.717) is 69.9 Å². The third-order valence-electron chi connectivity index (χ3n) is 7.56. The van der Waals surface area contributed by atoms with Crippen LogP contribution in [-0.4, -0.2) is 97.0 Å². The van der Waals surface area contributed by atoms with E-state index in [1.807, 2.05) is 46.1 Å². The van der Waals surface area contributed by atoms with Crippen LogP contribution >= 0.6 is 23.2 Å². The van der Waals surface area contributed by atoms with Crippen LogP contribution in [0.3, 0.4) is 0 Å². The minimum absolute atomic E-state index is 0.0253. The molecule has 12 heteroatoms. The normalized spacial score (nSPS) is 13.6. The topological polar surface area (TPSA) is 100 Å². The smallest absolute Gasteiger partial charge is 0.266 e. The summed E-state index contributed by atoms with van der Waals surface area (Å²) in [6.07, 6.45) is 5.15. The SMILES string of the molecule is CCOc1ccc(-n2c(C(CCNC(=O)CN(C)C)N(CCN(C)C)C(=O)CC3=C=CC=C(Cl)C(Cl)=C3)nc3ccccc3c2=O)cc1. The molecule has 2 aromatic carbocycles. The fourth-order valence-corrected chi connectivity index (χ4v) is 5.60. The van der Waals surface area contributed by atoms with Crippen LogP contribution in [0.15, 0.2) is 92.9 Å². The van der Waals surface area contributed by atoms with Gasteiger partial charge in [0.15, 0.2) is 0 Å². The predicted molar refractivity (Wildman–Crippen MR) is 192 cm³/mol. The molecule has 2 amide bonds. The Morgan fingerprint density at radius 3 is 2.42 bits per heavy atom. The predicted octanol–water partition coefficient (Wildman–Crippen LogP) is 5.01. The highest BCUT2D eigenvalue weighted by atomic mass is 35.5. The summed E-state index contributed by atoms with van der Waals surface area (Å²) in [6.45, 7) is 3.71. The van der Waals surface area contributed by atoms with E-state index in [1.165, 1.54) is 0 Å². The van der Waals surface area contributed by atoms with Crippen LogP contribution in [0.5, 0.6) is 5.75 Å². The van der Waals surface area contributed by atoms with E-state index in [9.17, 15) is 14.4 Å². The first-order chi connectivity index (χ1) is 23.0. The summed E-state index contributed by atoms with van der Waals surface area (Å²) in [5.41, 5.74) is 4.46. The van der Waals surface area contributed by atoms with Crippen molar-refractivity contribution in [1.29, 1.82) is 0 Å². The number of halogens is 2. The summed E-state index contributed by atoms with van der Waals surface area (Å²) in [5, 5.41) is 4.07. The monoisotopic (exact) mass is 692 g/mol. The molecule has 4 rings (SSSR count). The van der Waals surface area contributed by atoms with Crippen LogP contribution in [0.1, 0.15) is 31.6 Å².